The molecule has 7 heteroatoms. The fraction of sp³-hybridized carbons (Fsp3) is 0.120. The number of benzene rings is 3. The Morgan fingerprint density at radius 2 is 1.47 bits per heavy atom. The van der Waals surface area contributed by atoms with Gasteiger partial charge in [0.1, 0.15) is 0 Å². The second-order valence-electron chi connectivity index (χ2n) is 7.35. The van der Waals surface area contributed by atoms with Crippen LogP contribution in [0.25, 0.3) is 0 Å². The van der Waals surface area contributed by atoms with Crippen molar-refractivity contribution in [1.29, 1.82) is 0 Å². The summed E-state index contributed by atoms with van der Waals surface area (Å²) < 4.78 is 5.21. The van der Waals surface area contributed by atoms with E-state index in [1.165, 1.54) is 25.1 Å². The van der Waals surface area contributed by atoms with Gasteiger partial charge in [-0.2, -0.15) is 0 Å². The number of anilines is 1. The zero-order valence-electron chi connectivity index (χ0n) is 17.1. The first-order valence-electron chi connectivity index (χ1n) is 9.91. The summed E-state index contributed by atoms with van der Waals surface area (Å²) in [6.45, 7) is 1.45. The zero-order valence-corrected chi connectivity index (χ0v) is 17.8. The highest BCUT2D eigenvalue weighted by Crippen LogP contribution is 2.29. The van der Waals surface area contributed by atoms with E-state index in [4.69, 9.17) is 16.3 Å². The minimum Gasteiger partial charge on any atom is -0.452 e. The Balaban J connectivity index is 1.45. The Bertz CT molecular complexity index is 1270. The lowest BCUT2D eigenvalue weighted by atomic mass is 9.84. The van der Waals surface area contributed by atoms with Gasteiger partial charge in [-0.15, -0.1) is 0 Å². The molecule has 6 nitrogen and oxygen atoms in total. The molecule has 3 aromatic carbocycles. The SMILES string of the molecule is CC(OC(=O)Cc1ccccc1Cl)C(=O)Nc1ccc2c(c1)C(=O)c1ccccc1C2=O. The number of carbonyl (C=O) groups is 4. The van der Waals surface area contributed by atoms with E-state index in [2.05, 4.69) is 5.32 Å². The number of hydrogen-bond donors (Lipinski definition) is 1. The van der Waals surface area contributed by atoms with Gasteiger partial charge < -0.3 is 10.1 Å². The van der Waals surface area contributed by atoms with Gasteiger partial charge in [-0.3, -0.25) is 19.2 Å². The van der Waals surface area contributed by atoms with Crippen LogP contribution >= 0.6 is 11.6 Å². The van der Waals surface area contributed by atoms with Crippen molar-refractivity contribution in [3.63, 3.8) is 0 Å². The predicted octanol–water partition coefficient (Wildman–Crippen LogP) is 4.23. The lowest BCUT2D eigenvalue weighted by molar-refractivity contribution is -0.152. The van der Waals surface area contributed by atoms with Crippen molar-refractivity contribution in [1.82, 2.24) is 0 Å². The fourth-order valence-electron chi connectivity index (χ4n) is 3.51. The molecule has 3 aromatic rings. The Kier molecular flexibility index (Phi) is 5.88. The molecular weight excluding hydrogens is 430 g/mol. The molecule has 0 saturated heterocycles. The zero-order chi connectivity index (χ0) is 22.8. The first kappa shape index (κ1) is 21.5. The minimum absolute atomic E-state index is 0.0633. The minimum atomic E-state index is -1.07. The molecule has 0 heterocycles. The quantitative estimate of drug-likeness (QED) is 0.462. The van der Waals surface area contributed by atoms with Gasteiger partial charge in [0, 0.05) is 33.0 Å². The van der Waals surface area contributed by atoms with Crippen LogP contribution in [-0.4, -0.2) is 29.5 Å². The number of ketones is 2. The van der Waals surface area contributed by atoms with Gasteiger partial charge in [0.25, 0.3) is 5.91 Å². The summed E-state index contributed by atoms with van der Waals surface area (Å²) in [4.78, 5) is 50.2. The van der Waals surface area contributed by atoms with Crippen molar-refractivity contribution < 1.29 is 23.9 Å². The molecule has 1 aliphatic rings. The van der Waals surface area contributed by atoms with Crippen molar-refractivity contribution in [2.45, 2.75) is 19.4 Å². The Morgan fingerprint density at radius 3 is 2.16 bits per heavy atom. The number of halogens is 1. The number of esters is 1. The number of nitrogens with one attached hydrogen (secondary N) is 1. The molecule has 1 N–H and O–H groups in total. The van der Waals surface area contributed by atoms with Gasteiger partial charge in [-0.1, -0.05) is 54.1 Å². The molecule has 4 rings (SSSR count). The third kappa shape index (κ3) is 4.18. The van der Waals surface area contributed by atoms with Crippen LogP contribution in [0.15, 0.2) is 66.7 Å². The average molecular weight is 448 g/mol. The van der Waals surface area contributed by atoms with Crippen molar-refractivity contribution in [3.05, 3.63) is 99.6 Å². The lowest BCUT2D eigenvalue weighted by Crippen LogP contribution is -2.30. The van der Waals surface area contributed by atoms with Gasteiger partial charge in [-0.05, 0) is 36.8 Å². The second-order valence-corrected chi connectivity index (χ2v) is 7.76. The van der Waals surface area contributed by atoms with E-state index >= 15 is 0 Å². The van der Waals surface area contributed by atoms with Crippen LogP contribution in [0.3, 0.4) is 0 Å². The van der Waals surface area contributed by atoms with E-state index in [1.807, 2.05) is 0 Å². The largest absolute Gasteiger partial charge is 0.452 e. The molecule has 0 spiro atoms. The van der Waals surface area contributed by atoms with Crippen LogP contribution in [0.5, 0.6) is 0 Å². The van der Waals surface area contributed by atoms with Crippen LogP contribution in [0, 0.1) is 0 Å². The van der Waals surface area contributed by atoms with Gasteiger partial charge >= 0.3 is 5.97 Å². The summed E-state index contributed by atoms with van der Waals surface area (Å²) in [5, 5.41) is 3.07. The molecule has 0 aliphatic heterocycles. The van der Waals surface area contributed by atoms with Crippen molar-refractivity contribution in [2.75, 3.05) is 5.32 Å². The fourth-order valence-corrected chi connectivity index (χ4v) is 3.71. The van der Waals surface area contributed by atoms with Crippen LogP contribution in [0.4, 0.5) is 5.69 Å². The van der Waals surface area contributed by atoms with Gasteiger partial charge in [0.05, 0.1) is 6.42 Å². The number of ether oxygens (including phenoxy) is 1. The van der Waals surface area contributed by atoms with Crippen molar-refractivity contribution >= 4 is 40.7 Å². The Morgan fingerprint density at radius 1 is 0.875 bits per heavy atom. The van der Waals surface area contributed by atoms with Crippen LogP contribution in [0.1, 0.15) is 44.3 Å². The van der Waals surface area contributed by atoms with Crippen LogP contribution in [-0.2, 0) is 20.7 Å². The summed E-state index contributed by atoms with van der Waals surface area (Å²) in [6.07, 6.45) is -1.13. The molecule has 0 fully saturated rings. The predicted molar refractivity (Wildman–Crippen MR) is 119 cm³/mol. The monoisotopic (exact) mass is 447 g/mol. The number of rotatable bonds is 5. The summed E-state index contributed by atoms with van der Waals surface area (Å²) in [7, 11) is 0. The molecular formula is C25H18ClNO5. The molecule has 1 amide bonds. The van der Waals surface area contributed by atoms with E-state index < -0.39 is 18.0 Å². The van der Waals surface area contributed by atoms with E-state index in [1.54, 1.807) is 48.5 Å². The van der Waals surface area contributed by atoms with Gasteiger partial charge in [-0.25, -0.2) is 0 Å². The number of fused-ring (bicyclic) bond motifs is 2. The summed E-state index contributed by atoms with van der Waals surface area (Å²) in [5.74, 6) is -1.68. The van der Waals surface area contributed by atoms with E-state index in [-0.39, 0.29) is 29.1 Å². The normalized spacial score (nSPS) is 13.1. The van der Waals surface area contributed by atoms with Crippen LogP contribution in [0.2, 0.25) is 5.02 Å². The first-order valence-corrected chi connectivity index (χ1v) is 10.3. The van der Waals surface area contributed by atoms with Crippen LogP contribution < -0.4 is 5.32 Å². The molecule has 0 aromatic heterocycles. The average Bonchev–Trinajstić information content (AvgIpc) is 2.79. The topological polar surface area (TPSA) is 89.5 Å². The second kappa shape index (κ2) is 8.77. The molecule has 160 valence electrons. The number of carbonyl (C=O) groups excluding carboxylic acids is 4. The number of hydrogen-bond acceptors (Lipinski definition) is 5. The molecule has 1 atom stereocenters. The third-order valence-corrected chi connectivity index (χ3v) is 5.53. The van der Waals surface area contributed by atoms with E-state index in [0.717, 1.165) is 0 Å². The first-order chi connectivity index (χ1) is 15.3. The van der Waals surface area contributed by atoms with E-state index in [0.29, 0.717) is 27.4 Å². The highest BCUT2D eigenvalue weighted by Gasteiger charge is 2.29. The highest BCUT2D eigenvalue weighted by atomic mass is 35.5. The Hall–Kier alpha value is -3.77. The third-order valence-electron chi connectivity index (χ3n) is 5.16. The van der Waals surface area contributed by atoms with Gasteiger partial charge in [0.2, 0.25) is 0 Å². The molecule has 0 radical (unpaired) electrons. The maximum absolute atomic E-state index is 12.8. The summed E-state index contributed by atoms with van der Waals surface area (Å²) >= 11 is 6.05. The van der Waals surface area contributed by atoms with Crippen molar-refractivity contribution in [2.24, 2.45) is 0 Å². The van der Waals surface area contributed by atoms with Gasteiger partial charge in [0.15, 0.2) is 17.7 Å². The van der Waals surface area contributed by atoms with E-state index in [9.17, 15) is 19.2 Å². The standard InChI is InChI=1S/C25H18ClNO5/c1-14(32-22(28)12-15-6-2-5-9-21(15)26)25(31)27-16-10-11-19-20(13-16)24(30)18-8-4-3-7-17(18)23(19)29/h2-11,13-14H,12H2,1H3,(H,27,31). The highest BCUT2D eigenvalue weighted by molar-refractivity contribution is 6.31. The smallest absolute Gasteiger partial charge is 0.311 e. The molecule has 1 aliphatic carbocycles. The molecule has 32 heavy (non-hydrogen) atoms. The number of amides is 1. The maximum atomic E-state index is 12.8. The van der Waals surface area contributed by atoms with Crippen molar-refractivity contribution in [3.8, 4) is 0 Å². The summed E-state index contributed by atoms with van der Waals surface area (Å²) in [6, 6.07) is 18.0. The molecule has 0 bridgehead atoms. The Labute approximate surface area is 189 Å². The summed E-state index contributed by atoms with van der Waals surface area (Å²) in [5.41, 5.74) is 2.12. The molecule has 1 unspecified atom stereocenters. The lowest BCUT2D eigenvalue weighted by Gasteiger charge is -2.19. The molecule has 0 saturated carbocycles. The maximum Gasteiger partial charge on any atom is 0.311 e.